The minimum Gasteiger partial charge on any atom is -0.496 e. The third-order valence-corrected chi connectivity index (χ3v) is 5.56. The molecule has 7 heteroatoms. The first-order valence-electron chi connectivity index (χ1n) is 9.33. The number of hydrogen-bond donors (Lipinski definition) is 2. The number of nitrogens with two attached hydrogens (primary N) is 1. The number of nitrogens with zero attached hydrogens (tertiary/aromatic N) is 3. The second-order valence-electron chi connectivity index (χ2n) is 7.14. The zero-order valence-electron chi connectivity index (χ0n) is 15.6. The molecule has 1 saturated carbocycles. The van der Waals surface area contributed by atoms with Crippen molar-refractivity contribution in [2.75, 3.05) is 7.11 Å². The standard InChI is InChI=1S/C21H23ClN4O2/c1-28-19-9-5-2-6-13(19)12-20-24-21(14-10-16(23)18(27)11-14)26(25-20)17-8-4-3-7-15(17)22/h2-9,14,16,18,27H,10-12,23H2,1H3/t14-,16-,18-/m0/s1. The SMILES string of the molecule is COc1ccccc1Cc1nc([C@H]2C[C@H](N)[C@@H](O)C2)n(-c2ccccc2Cl)n1. The van der Waals surface area contributed by atoms with Crippen molar-refractivity contribution < 1.29 is 9.84 Å². The molecule has 1 aliphatic rings. The molecule has 146 valence electrons. The second-order valence-corrected chi connectivity index (χ2v) is 7.54. The van der Waals surface area contributed by atoms with E-state index >= 15 is 0 Å². The Balaban J connectivity index is 1.75. The average Bonchev–Trinajstić information content (AvgIpc) is 3.26. The first-order chi connectivity index (χ1) is 13.6. The van der Waals surface area contributed by atoms with Crippen molar-refractivity contribution >= 4 is 11.6 Å². The van der Waals surface area contributed by atoms with E-state index in [1.807, 2.05) is 48.5 Å². The molecule has 3 N–H and O–H groups in total. The van der Waals surface area contributed by atoms with E-state index < -0.39 is 6.10 Å². The van der Waals surface area contributed by atoms with E-state index in [1.165, 1.54) is 0 Å². The molecule has 1 heterocycles. The van der Waals surface area contributed by atoms with Crippen molar-refractivity contribution in [1.82, 2.24) is 14.8 Å². The summed E-state index contributed by atoms with van der Waals surface area (Å²) < 4.78 is 7.25. The summed E-state index contributed by atoms with van der Waals surface area (Å²) in [5, 5.41) is 15.5. The van der Waals surface area contributed by atoms with Gasteiger partial charge in [-0.05, 0) is 31.0 Å². The zero-order chi connectivity index (χ0) is 19.7. The summed E-state index contributed by atoms with van der Waals surface area (Å²) in [6.45, 7) is 0. The van der Waals surface area contributed by atoms with Crippen LogP contribution in [0.1, 0.15) is 36.0 Å². The van der Waals surface area contributed by atoms with E-state index in [4.69, 9.17) is 32.2 Å². The number of para-hydroxylation sites is 2. The molecular formula is C21H23ClN4O2. The highest BCUT2D eigenvalue weighted by atomic mass is 35.5. The molecular weight excluding hydrogens is 376 g/mol. The highest BCUT2D eigenvalue weighted by Gasteiger charge is 2.35. The maximum absolute atomic E-state index is 10.1. The summed E-state index contributed by atoms with van der Waals surface area (Å²) in [7, 11) is 1.65. The van der Waals surface area contributed by atoms with E-state index in [0.717, 1.165) is 22.8 Å². The minimum atomic E-state index is -0.529. The number of aromatic nitrogens is 3. The van der Waals surface area contributed by atoms with Crippen LogP contribution in [-0.4, -0.2) is 39.1 Å². The number of aliphatic hydroxyl groups excluding tert-OH is 1. The molecule has 3 atom stereocenters. The monoisotopic (exact) mass is 398 g/mol. The van der Waals surface area contributed by atoms with Gasteiger partial charge >= 0.3 is 0 Å². The van der Waals surface area contributed by atoms with Gasteiger partial charge in [0.15, 0.2) is 5.82 Å². The van der Waals surface area contributed by atoms with E-state index in [-0.39, 0.29) is 12.0 Å². The van der Waals surface area contributed by atoms with Gasteiger partial charge in [0.1, 0.15) is 11.6 Å². The molecule has 1 aromatic heterocycles. The fourth-order valence-corrected chi connectivity index (χ4v) is 4.00. The van der Waals surface area contributed by atoms with Crippen molar-refractivity contribution in [3.63, 3.8) is 0 Å². The molecule has 2 aromatic carbocycles. The number of methoxy groups -OCH3 is 1. The lowest BCUT2D eigenvalue weighted by molar-refractivity contribution is 0.163. The zero-order valence-corrected chi connectivity index (χ0v) is 16.4. The molecule has 4 rings (SSSR count). The number of hydrogen-bond acceptors (Lipinski definition) is 5. The normalized spacial score (nSPS) is 21.8. The van der Waals surface area contributed by atoms with Crippen LogP contribution in [0.5, 0.6) is 5.75 Å². The Kier molecular flexibility index (Phi) is 5.35. The van der Waals surface area contributed by atoms with Gasteiger partial charge in [0, 0.05) is 23.9 Å². The molecule has 28 heavy (non-hydrogen) atoms. The highest BCUT2D eigenvalue weighted by Crippen LogP contribution is 2.35. The number of halogens is 1. The summed E-state index contributed by atoms with van der Waals surface area (Å²) in [5.74, 6) is 2.29. The Labute approximate surface area is 168 Å². The summed E-state index contributed by atoms with van der Waals surface area (Å²) in [5.41, 5.74) is 7.82. The predicted molar refractivity (Wildman–Crippen MR) is 108 cm³/mol. The van der Waals surface area contributed by atoms with Gasteiger partial charge in [-0.15, -0.1) is 0 Å². The Bertz CT molecular complexity index is 965. The summed E-state index contributed by atoms with van der Waals surface area (Å²) >= 11 is 6.43. The van der Waals surface area contributed by atoms with Crippen LogP contribution in [0.15, 0.2) is 48.5 Å². The maximum Gasteiger partial charge on any atom is 0.155 e. The van der Waals surface area contributed by atoms with Crippen LogP contribution >= 0.6 is 11.6 Å². The van der Waals surface area contributed by atoms with E-state index in [0.29, 0.717) is 30.1 Å². The topological polar surface area (TPSA) is 86.2 Å². The lowest BCUT2D eigenvalue weighted by atomic mass is 10.1. The van der Waals surface area contributed by atoms with Gasteiger partial charge in [0.05, 0.1) is 23.9 Å². The minimum absolute atomic E-state index is 0.0280. The summed E-state index contributed by atoms with van der Waals surface area (Å²) in [6, 6.07) is 15.1. The molecule has 1 aliphatic carbocycles. The number of ether oxygens (including phenoxy) is 1. The molecule has 0 spiro atoms. The molecule has 0 unspecified atom stereocenters. The molecule has 3 aromatic rings. The largest absolute Gasteiger partial charge is 0.496 e. The molecule has 0 aliphatic heterocycles. The van der Waals surface area contributed by atoms with Crippen LogP contribution in [0.3, 0.4) is 0 Å². The highest BCUT2D eigenvalue weighted by molar-refractivity contribution is 6.32. The van der Waals surface area contributed by atoms with Crippen LogP contribution in [0.4, 0.5) is 0 Å². The first kappa shape index (κ1) is 18.9. The lowest BCUT2D eigenvalue weighted by Crippen LogP contribution is -2.28. The Morgan fingerprint density at radius 2 is 1.93 bits per heavy atom. The third-order valence-electron chi connectivity index (χ3n) is 5.24. The maximum atomic E-state index is 10.1. The Hall–Kier alpha value is -2.41. The number of benzene rings is 2. The quantitative estimate of drug-likeness (QED) is 0.689. The first-order valence-corrected chi connectivity index (χ1v) is 9.71. The fourth-order valence-electron chi connectivity index (χ4n) is 3.79. The number of rotatable bonds is 5. The summed E-state index contributed by atoms with van der Waals surface area (Å²) in [6.07, 6.45) is 1.24. The van der Waals surface area contributed by atoms with Crippen LogP contribution in [0.2, 0.25) is 5.02 Å². The van der Waals surface area contributed by atoms with Crippen molar-refractivity contribution in [2.45, 2.75) is 37.3 Å². The van der Waals surface area contributed by atoms with Crippen molar-refractivity contribution in [2.24, 2.45) is 5.73 Å². The fraction of sp³-hybridized carbons (Fsp3) is 0.333. The van der Waals surface area contributed by atoms with Crippen LogP contribution < -0.4 is 10.5 Å². The second kappa shape index (κ2) is 7.91. The number of aliphatic hydroxyl groups is 1. The predicted octanol–water partition coefficient (Wildman–Crippen LogP) is 3.09. The average molecular weight is 399 g/mol. The van der Waals surface area contributed by atoms with Gasteiger partial charge in [0.2, 0.25) is 0 Å². The van der Waals surface area contributed by atoms with Crippen molar-refractivity contribution in [3.8, 4) is 11.4 Å². The van der Waals surface area contributed by atoms with Gasteiger partial charge in [-0.3, -0.25) is 0 Å². The summed E-state index contributed by atoms with van der Waals surface area (Å²) in [4.78, 5) is 4.82. The van der Waals surface area contributed by atoms with E-state index in [1.54, 1.807) is 11.8 Å². The lowest BCUT2D eigenvalue weighted by Gasteiger charge is -2.12. The Morgan fingerprint density at radius 1 is 1.18 bits per heavy atom. The molecule has 1 fully saturated rings. The molecule has 0 amide bonds. The molecule has 0 radical (unpaired) electrons. The molecule has 0 saturated heterocycles. The van der Waals surface area contributed by atoms with E-state index in [9.17, 15) is 5.11 Å². The van der Waals surface area contributed by atoms with Crippen LogP contribution in [0.25, 0.3) is 5.69 Å². The van der Waals surface area contributed by atoms with Gasteiger partial charge in [-0.1, -0.05) is 41.9 Å². The molecule has 6 nitrogen and oxygen atoms in total. The van der Waals surface area contributed by atoms with Crippen LogP contribution in [-0.2, 0) is 6.42 Å². The van der Waals surface area contributed by atoms with Crippen molar-refractivity contribution in [1.29, 1.82) is 0 Å². The smallest absolute Gasteiger partial charge is 0.155 e. The molecule has 0 bridgehead atoms. The van der Waals surface area contributed by atoms with E-state index in [2.05, 4.69) is 0 Å². The van der Waals surface area contributed by atoms with Gasteiger partial charge < -0.3 is 15.6 Å². The Morgan fingerprint density at radius 3 is 2.64 bits per heavy atom. The van der Waals surface area contributed by atoms with Gasteiger partial charge in [-0.2, -0.15) is 5.10 Å². The van der Waals surface area contributed by atoms with Gasteiger partial charge in [0.25, 0.3) is 0 Å². The van der Waals surface area contributed by atoms with Crippen molar-refractivity contribution in [3.05, 3.63) is 70.8 Å². The van der Waals surface area contributed by atoms with Crippen LogP contribution in [0, 0.1) is 0 Å². The third kappa shape index (κ3) is 3.63. The van der Waals surface area contributed by atoms with Gasteiger partial charge in [-0.25, -0.2) is 9.67 Å².